The summed E-state index contributed by atoms with van der Waals surface area (Å²) >= 11 is 0. The van der Waals surface area contributed by atoms with E-state index in [2.05, 4.69) is 85.6 Å². The van der Waals surface area contributed by atoms with E-state index < -0.39 is 17.3 Å². The molecule has 42 heavy (non-hydrogen) atoms. The molecule has 1 aliphatic heterocycles. The van der Waals surface area contributed by atoms with Crippen molar-refractivity contribution in [3.8, 4) is 16.9 Å². The first kappa shape index (κ1) is 28.3. The molecule has 1 N–H and O–H groups in total. The SMILES string of the molecule is CCc1cccc(CC)c1-n1nc2c(c1-c1ccc(C)c3[nH]ccc13)CN(Cc1ccc(C(F)(F)F)cc1C)C2(C)C. The summed E-state index contributed by atoms with van der Waals surface area (Å²) in [7, 11) is 0. The summed E-state index contributed by atoms with van der Waals surface area (Å²) in [5.41, 5.74) is 10.9. The first-order chi connectivity index (χ1) is 20.0. The van der Waals surface area contributed by atoms with Crippen molar-refractivity contribution in [3.05, 3.63) is 105 Å². The highest BCUT2D eigenvalue weighted by molar-refractivity contribution is 5.97. The Bertz CT molecular complexity index is 1780. The van der Waals surface area contributed by atoms with Gasteiger partial charge in [-0.3, -0.25) is 4.90 Å². The standard InChI is InChI=1S/C35H37F3N4/c1-7-23-10-9-11-24(8-2)31(23)42-32(28-15-12-21(3)30-27(28)16-17-39-30)29-20-41(34(5,6)33(29)40-42)19-25-13-14-26(18-22(25)4)35(36,37)38/h9-18,39H,7-8,19-20H2,1-6H3. The Kier molecular flexibility index (Phi) is 6.84. The zero-order valence-electron chi connectivity index (χ0n) is 25.1. The quantitative estimate of drug-likeness (QED) is 0.221. The third kappa shape index (κ3) is 4.46. The number of aromatic nitrogens is 3. The molecule has 1 aliphatic rings. The summed E-state index contributed by atoms with van der Waals surface area (Å²) in [5, 5.41) is 6.55. The highest BCUT2D eigenvalue weighted by Gasteiger charge is 2.43. The van der Waals surface area contributed by atoms with Gasteiger partial charge in [-0.05, 0) is 86.6 Å². The number of H-pyrrole nitrogens is 1. The van der Waals surface area contributed by atoms with E-state index in [9.17, 15) is 13.2 Å². The lowest BCUT2D eigenvalue weighted by atomic mass is 9.96. The number of aryl methyl sites for hydroxylation is 4. The number of para-hydroxylation sites is 1. The average Bonchev–Trinajstić information content (AvgIpc) is 3.64. The van der Waals surface area contributed by atoms with Crippen LogP contribution in [-0.4, -0.2) is 19.7 Å². The molecule has 0 spiro atoms. The molecule has 0 amide bonds. The predicted molar refractivity (Wildman–Crippen MR) is 163 cm³/mol. The lowest BCUT2D eigenvalue weighted by Crippen LogP contribution is -2.36. The molecule has 0 aliphatic carbocycles. The van der Waals surface area contributed by atoms with Gasteiger partial charge in [0.1, 0.15) is 0 Å². The highest BCUT2D eigenvalue weighted by atomic mass is 19.4. The second kappa shape index (κ2) is 10.2. The smallest absolute Gasteiger partial charge is 0.361 e. The Morgan fingerprint density at radius 2 is 1.62 bits per heavy atom. The number of nitrogens with zero attached hydrogens (tertiary/aromatic N) is 3. The van der Waals surface area contributed by atoms with E-state index in [-0.39, 0.29) is 0 Å². The number of benzene rings is 3. The van der Waals surface area contributed by atoms with E-state index >= 15 is 0 Å². The van der Waals surface area contributed by atoms with Gasteiger partial charge in [0, 0.05) is 41.3 Å². The van der Waals surface area contributed by atoms with Crippen LogP contribution in [0.4, 0.5) is 13.2 Å². The van der Waals surface area contributed by atoms with Gasteiger partial charge in [0.25, 0.3) is 0 Å². The lowest BCUT2D eigenvalue weighted by molar-refractivity contribution is -0.137. The summed E-state index contributed by atoms with van der Waals surface area (Å²) in [6.45, 7) is 13.8. The molecule has 0 saturated heterocycles. The van der Waals surface area contributed by atoms with Gasteiger partial charge in [-0.1, -0.05) is 50.2 Å². The molecule has 218 valence electrons. The van der Waals surface area contributed by atoms with Gasteiger partial charge in [0.2, 0.25) is 0 Å². The van der Waals surface area contributed by atoms with Crippen LogP contribution >= 0.6 is 0 Å². The van der Waals surface area contributed by atoms with Crippen LogP contribution in [-0.2, 0) is 37.6 Å². The van der Waals surface area contributed by atoms with Crippen LogP contribution in [0.25, 0.3) is 27.8 Å². The summed E-state index contributed by atoms with van der Waals surface area (Å²) in [6, 6.07) is 17.1. The molecule has 3 heterocycles. The fourth-order valence-corrected chi connectivity index (χ4v) is 6.57. The third-order valence-corrected chi connectivity index (χ3v) is 9.10. The van der Waals surface area contributed by atoms with Crippen molar-refractivity contribution >= 4 is 10.9 Å². The summed E-state index contributed by atoms with van der Waals surface area (Å²) in [5.74, 6) is 0. The molecule has 0 saturated carbocycles. The summed E-state index contributed by atoms with van der Waals surface area (Å²) in [4.78, 5) is 5.76. The van der Waals surface area contributed by atoms with Crippen molar-refractivity contribution in [2.45, 2.75) is 79.2 Å². The van der Waals surface area contributed by atoms with Crippen LogP contribution in [0.15, 0.2) is 60.8 Å². The Hall–Kier alpha value is -3.84. The average molecular weight is 571 g/mol. The van der Waals surface area contributed by atoms with Crippen LogP contribution in [0.1, 0.15) is 72.3 Å². The molecular formula is C35H37F3N4. The Morgan fingerprint density at radius 3 is 2.26 bits per heavy atom. The molecule has 2 aromatic heterocycles. The molecule has 6 rings (SSSR count). The number of hydrogen-bond acceptors (Lipinski definition) is 2. The number of aromatic amines is 1. The minimum absolute atomic E-state index is 0.431. The van der Waals surface area contributed by atoms with Gasteiger partial charge < -0.3 is 4.98 Å². The number of nitrogens with one attached hydrogen (secondary N) is 1. The molecule has 5 aromatic rings. The molecule has 0 atom stereocenters. The first-order valence-corrected chi connectivity index (χ1v) is 14.7. The normalized spacial score (nSPS) is 15.1. The molecule has 0 radical (unpaired) electrons. The van der Waals surface area contributed by atoms with E-state index in [1.165, 1.54) is 34.4 Å². The van der Waals surface area contributed by atoms with Crippen LogP contribution in [0.5, 0.6) is 0 Å². The number of alkyl halides is 3. The predicted octanol–water partition coefficient (Wildman–Crippen LogP) is 9.03. The van der Waals surface area contributed by atoms with E-state index in [4.69, 9.17) is 5.10 Å². The van der Waals surface area contributed by atoms with E-state index in [1.807, 2.05) is 6.20 Å². The van der Waals surface area contributed by atoms with E-state index in [0.29, 0.717) is 18.7 Å². The number of hydrogen-bond donors (Lipinski definition) is 1. The van der Waals surface area contributed by atoms with Crippen molar-refractivity contribution in [1.82, 2.24) is 19.7 Å². The van der Waals surface area contributed by atoms with Crippen molar-refractivity contribution in [1.29, 1.82) is 0 Å². The first-order valence-electron chi connectivity index (χ1n) is 14.7. The zero-order chi connectivity index (χ0) is 30.0. The Morgan fingerprint density at radius 1 is 0.905 bits per heavy atom. The molecule has 0 unspecified atom stereocenters. The second-order valence-electron chi connectivity index (χ2n) is 12.0. The van der Waals surface area contributed by atoms with Gasteiger partial charge in [-0.25, -0.2) is 4.68 Å². The third-order valence-electron chi connectivity index (χ3n) is 9.10. The largest absolute Gasteiger partial charge is 0.416 e. The molecule has 0 bridgehead atoms. The molecule has 0 fully saturated rings. The molecule has 4 nitrogen and oxygen atoms in total. The summed E-state index contributed by atoms with van der Waals surface area (Å²) < 4.78 is 42.2. The van der Waals surface area contributed by atoms with Crippen molar-refractivity contribution in [2.24, 2.45) is 0 Å². The number of rotatable bonds is 6. The maximum atomic E-state index is 13.3. The maximum Gasteiger partial charge on any atom is 0.416 e. The maximum absolute atomic E-state index is 13.3. The molecule has 3 aromatic carbocycles. The van der Waals surface area contributed by atoms with E-state index in [1.54, 1.807) is 13.0 Å². The second-order valence-corrected chi connectivity index (χ2v) is 12.0. The molecule has 7 heteroatoms. The number of halogens is 3. The fourth-order valence-electron chi connectivity index (χ4n) is 6.57. The minimum atomic E-state index is -4.35. The van der Waals surface area contributed by atoms with Crippen LogP contribution in [0.3, 0.4) is 0 Å². The lowest BCUT2D eigenvalue weighted by Gasteiger charge is -2.32. The zero-order valence-corrected chi connectivity index (χ0v) is 25.1. The van der Waals surface area contributed by atoms with Gasteiger partial charge in [0.05, 0.1) is 28.2 Å². The van der Waals surface area contributed by atoms with E-state index in [0.717, 1.165) is 51.9 Å². The Labute approximate surface area is 245 Å². The number of fused-ring (bicyclic) bond motifs is 2. The van der Waals surface area contributed by atoms with Gasteiger partial charge in [-0.15, -0.1) is 0 Å². The van der Waals surface area contributed by atoms with Gasteiger partial charge >= 0.3 is 6.18 Å². The van der Waals surface area contributed by atoms with Gasteiger partial charge in [0.15, 0.2) is 0 Å². The van der Waals surface area contributed by atoms with Crippen LogP contribution in [0.2, 0.25) is 0 Å². The highest BCUT2D eigenvalue weighted by Crippen LogP contribution is 2.46. The molecular weight excluding hydrogens is 533 g/mol. The topological polar surface area (TPSA) is 36.9 Å². The van der Waals surface area contributed by atoms with Crippen LogP contribution in [0, 0.1) is 13.8 Å². The minimum Gasteiger partial charge on any atom is -0.361 e. The van der Waals surface area contributed by atoms with Crippen molar-refractivity contribution in [3.63, 3.8) is 0 Å². The van der Waals surface area contributed by atoms with Crippen molar-refractivity contribution < 1.29 is 13.2 Å². The van der Waals surface area contributed by atoms with Crippen molar-refractivity contribution in [2.75, 3.05) is 0 Å². The monoisotopic (exact) mass is 570 g/mol. The van der Waals surface area contributed by atoms with Crippen LogP contribution < -0.4 is 0 Å². The van der Waals surface area contributed by atoms with Gasteiger partial charge in [-0.2, -0.15) is 18.3 Å². The summed E-state index contributed by atoms with van der Waals surface area (Å²) in [6.07, 6.45) is -0.579. The fraction of sp³-hybridized carbons (Fsp3) is 0.343. The Balaban J connectivity index is 1.53.